The fourth-order valence-corrected chi connectivity index (χ4v) is 8.61. The minimum Gasteiger partial charge on any atom is -0.329 e. The van der Waals surface area contributed by atoms with Crippen LogP contribution in [0.3, 0.4) is 0 Å². The quantitative estimate of drug-likeness (QED) is 0.317. The third kappa shape index (κ3) is 4.90. The van der Waals surface area contributed by atoms with E-state index in [9.17, 15) is 18.0 Å². The third-order valence-electron chi connectivity index (χ3n) is 7.40. The van der Waals surface area contributed by atoms with Crippen molar-refractivity contribution in [2.45, 2.75) is 78.8 Å². The molecular weight excluding hydrogens is 517 g/mol. The molecule has 1 saturated carbocycles. The molecule has 192 valence electrons. The normalized spacial score (nSPS) is 27.2. The maximum Gasteiger partial charge on any atom is 0.259 e. The van der Waals surface area contributed by atoms with Crippen molar-refractivity contribution in [3.63, 3.8) is 0 Å². The standard InChI is InChI=1S/C25H30N4O4S3/c1-25-14-6-5-9-19(25)35-22-21(25)23(31)29(17-7-3-2-4-8-17)24(28-22)34-15-20(30)27-16-10-12-18(13-11-16)36(26,32)33/h2-4,7,10,12,17,19H,5-6,8-9,11,13-15H2,1H3,(H,27,30)(H2,26,32,33). The van der Waals surface area contributed by atoms with Crippen molar-refractivity contribution in [1.29, 1.82) is 0 Å². The predicted molar refractivity (Wildman–Crippen MR) is 143 cm³/mol. The highest BCUT2D eigenvalue weighted by Crippen LogP contribution is 2.54. The van der Waals surface area contributed by atoms with Gasteiger partial charge in [-0.1, -0.05) is 55.8 Å². The van der Waals surface area contributed by atoms with Gasteiger partial charge in [-0.05, 0) is 44.3 Å². The lowest BCUT2D eigenvalue weighted by molar-refractivity contribution is -0.117. The molecule has 3 N–H and O–H groups in total. The maximum absolute atomic E-state index is 14.0. The lowest BCUT2D eigenvalue weighted by atomic mass is 9.71. The Hall–Kier alpha value is -2.08. The highest BCUT2D eigenvalue weighted by molar-refractivity contribution is 8.00. The van der Waals surface area contributed by atoms with E-state index in [2.05, 4.69) is 12.2 Å². The van der Waals surface area contributed by atoms with Crippen LogP contribution in [0.5, 0.6) is 0 Å². The van der Waals surface area contributed by atoms with E-state index in [0.29, 0.717) is 28.9 Å². The van der Waals surface area contributed by atoms with E-state index in [0.717, 1.165) is 29.9 Å². The first kappa shape index (κ1) is 25.6. The first-order valence-electron chi connectivity index (χ1n) is 12.2. The van der Waals surface area contributed by atoms with Gasteiger partial charge in [-0.2, -0.15) is 0 Å². The fraction of sp³-hybridized carbons (Fsp3) is 0.480. The number of primary sulfonamides is 1. The monoisotopic (exact) mass is 546 g/mol. The molecule has 3 unspecified atom stereocenters. The molecule has 0 spiro atoms. The molecule has 4 aliphatic rings. The number of hydrogen-bond donors (Lipinski definition) is 2. The minimum absolute atomic E-state index is 0.0166. The van der Waals surface area contributed by atoms with Crippen LogP contribution in [0.15, 0.2) is 62.0 Å². The maximum atomic E-state index is 14.0. The Bertz CT molecular complexity index is 1380. The molecule has 36 heavy (non-hydrogen) atoms. The zero-order valence-electron chi connectivity index (χ0n) is 20.1. The van der Waals surface area contributed by atoms with Gasteiger partial charge in [0, 0.05) is 16.4 Å². The number of nitrogens with zero attached hydrogens (tertiary/aromatic N) is 2. The molecule has 0 saturated heterocycles. The number of fused-ring (bicyclic) bond motifs is 3. The van der Waals surface area contributed by atoms with Crippen LogP contribution in [-0.2, 0) is 20.2 Å². The van der Waals surface area contributed by atoms with Crippen LogP contribution in [0, 0.1) is 0 Å². The molecule has 0 aromatic carbocycles. The topological polar surface area (TPSA) is 124 Å². The van der Waals surface area contributed by atoms with Crippen LogP contribution < -0.4 is 16.0 Å². The van der Waals surface area contributed by atoms with Crippen molar-refractivity contribution in [3.05, 3.63) is 63.0 Å². The number of sulfonamides is 1. The number of nitrogens with one attached hydrogen (secondary N) is 1. The number of rotatable bonds is 6. The largest absolute Gasteiger partial charge is 0.329 e. The molecular formula is C25H30N4O4S3. The van der Waals surface area contributed by atoms with Crippen molar-refractivity contribution in [2.24, 2.45) is 5.14 Å². The zero-order chi connectivity index (χ0) is 25.5. The molecule has 1 aromatic heterocycles. The Labute approximate surface area is 219 Å². The van der Waals surface area contributed by atoms with Gasteiger partial charge in [0.1, 0.15) is 5.03 Å². The molecule has 11 heteroatoms. The molecule has 2 heterocycles. The number of carbonyl (C=O) groups is 1. The van der Waals surface area contributed by atoms with Gasteiger partial charge in [0.15, 0.2) is 5.16 Å². The van der Waals surface area contributed by atoms with E-state index < -0.39 is 10.0 Å². The lowest BCUT2D eigenvalue weighted by Gasteiger charge is -2.35. The smallest absolute Gasteiger partial charge is 0.259 e. The highest BCUT2D eigenvalue weighted by atomic mass is 32.2. The number of aromatic nitrogens is 2. The van der Waals surface area contributed by atoms with Crippen molar-refractivity contribution in [2.75, 3.05) is 5.75 Å². The summed E-state index contributed by atoms with van der Waals surface area (Å²) in [7, 11) is -3.71. The third-order valence-corrected chi connectivity index (χ3v) is 11.0. The summed E-state index contributed by atoms with van der Waals surface area (Å²) in [5.74, 6) is -0.140. The van der Waals surface area contributed by atoms with Crippen molar-refractivity contribution < 1.29 is 13.2 Å². The second-order valence-corrected chi connectivity index (χ2v) is 13.6. The number of hydrogen-bond acceptors (Lipinski definition) is 7. The van der Waals surface area contributed by atoms with Crippen LogP contribution in [0.25, 0.3) is 0 Å². The number of amides is 1. The fourth-order valence-electron chi connectivity index (χ4n) is 5.44. The number of carbonyl (C=O) groups excluding carboxylic acids is 1. The molecule has 0 radical (unpaired) electrons. The first-order chi connectivity index (χ1) is 17.2. The summed E-state index contributed by atoms with van der Waals surface area (Å²) < 4.78 is 24.8. The average molecular weight is 547 g/mol. The van der Waals surface area contributed by atoms with Crippen LogP contribution >= 0.6 is 23.5 Å². The van der Waals surface area contributed by atoms with Gasteiger partial charge >= 0.3 is 0 Å². The Morgan fingerprint density at radius 1 is 1.31 bits per heavy atom. The second-order valence-electron chi connectivity index (χ2n) is 9.84. The highest BCUT2D eigenvalue weighted by Gasteiger charge is 2.48. The number of thioether (sulfide) groups is 2. The van der Waals surface area contributed by atoms with E-state index >= 15 is 0 Å². The molecule has 3 aliphatic carbocycles. The Kier molecular flexibility index (Phi) is 7.10. The van der Waals surface area contributed by atoms with E-state index in [1.54, 1.807) is 22.4 Å². The summed E-state index contributed by atoms with van der Waals surface area (Å²) in [6.45, 7) is 2.22. The van der Waals surface area contributed by atoms with E-state index in [4.69, 9.17) is 10.1 Å². The molecule has 5 rings (SSSR count). The lowest BCUT2D eigenvalue weighted by Crippen LogP contribution is -2.41. The first-order valence-corrected chi connectivity index (χ1v) is 15.6. The van der Waals surface area contributed by atoms with E-state index in [1.807, 2.05) is 24.3 Å². The van der Waals surface area contributed by atoms with Gasteiger partial charge in [0.2, 0.25) is 15.9 Å². The van der Waals surface area contributed by atoms with Crippen LogP contribution in [0.1, 0.15) is 63.5 Å². The minimum atomic E-state index is -3.71. The zero-order valence-corrected chi connectivity index (χ0v) is 22.6. The Morgan fingerprint density at radius 2 is 2.14 bits per heavy atom. The predicted octanol–water partition coefficient (Wildman–Crippen LogP) is 3.66. The summed E-state index contributed by atoms with van der Waals surface area (Å²) in [5, 5.41) is 9.78. The summed E-state index contributed by atoms with van der Waals surface area (Å²) >= 11 is 2.99. The van der Waals surface area contributed by atoms with Gasteiger partial charge < -0.3 is 5.32 Å². The average Bonchev–Trinajstić information content (AvgIpc) is 3.15. The molecule has 1 aliphatic heterocycles. The van der Waals surface area contributed by atoms with Gasteiger partial charge in [0.25, 0.3) is 5.56 Å². The van der Waals surface area contributed by atoms with E-state index in [-0.39, 0.29) is 40.0 Å². The molecule has 1 amide bonds. The van der Waals surface area contributed by atoms with Crippen LogP contribution in [0.2, 0.25) is 0 Å². The summed E-state index contributed by atoms with van der Waals surface area (Å²) in [6, 6.07) is -0.134. The van der Waals surface area contributed by atoms with Gasteiger partial charge in [0.05, 0.1) is 22.3 Å². The second kappa shape index (κ2) is 10.00. The van der Waals surface area contributed by atoms with Crippen molar-refractivity contribution in [3.8, 4) is 0 Å². The van der Waals surface area contributed by atoms with Crippen molar-refractivity contribution >= 4 is 39.5 Å². The van der Waals surface area contributed by atoms with Gasteiger partial charge in [-0.15, -0.1) is 11.8 Å². The SMILES string of the molecule is CC12CCCCC1Sc1nc(SCC(=O)NC3=CC=C(S(N)(=O)=O)CC3)n(C3C=CC=CC3)c(=O)c12. The summed E-state index contributed by atoms with van der Waals surface area (Å²) in [5.41, 5.74) is 1.34. The van der Waals surface area contributed by atoms with Crippen LogP contribution in [0.4, 0.5) is 0 Å². The Balaban J connectivity index is 1.39. The molecule has 3 atom stereocenters. The number of nitrogens with two attached hydrogens (primary N) is 1. The Morgan fingerprint density at radius 3 is 2.83 bits per heavy atom. The molecule has 8 nitrogen and oxygen atoms in total. The van der Waals surface area contributed by atoms with Crippen molar-refractivity contribution in [1.82, 2.24) is 14.9 Å². The molecule has 1 fully saturated rings. The molecule has 0 bridgehead atoms. The van der Waals surface area contributed by atoms with Gasteiger partial charge in [-0.3, -0.25) is 14.2 Å². The van der Waals surface area contributed by atoms with Gasteiger partial charge in [-0.25, -0.2) is 18.5 Å². The summed E-state index contributed by atoms with van der Waals surface area (Å²) in [6.07, 6.45) is 16.7. The van der Waals surface area contributed by atoms with Crippen LogP contribution in [-0.4, -0.2) is 34.9 Å². The number of allylic oxidation sites excluding steroid dienone is 8. The van der Waals surface area contributed by atoms with E-state index in [1.165, 1.54) is 24.3 Å². The summed E-state index contributed by atoms with van der Waals surface area (Å²) in [4.78, 5) is 31.8. The molecule has 1 aromatic rings.